The van der Waals surface area contributed by atoms with Crippen LogP contribution in [0.3, 0.4) is 0 Å². The Hall–Kier alpha value is -6.45. The standard InChI is InChI=1S/C45H63N11O14S2/c1-22(2)14-29-44(68)56-13-7-11-34(56)43(67)50-27(15-24-17-47-26-9-5-4-8-25(24)26)39(63)52-30(19-57)40(64)49-28(16-36(59)60)38(62)48-18-35(58)55-12-6-10-33(55)42(66)54-32(45(69)70)21-72-71-20-31(41(65)51-29)53-37(61)23(3)46/h4-5,8-9,17,22-23,27-34,47,57H,6-7,10-16,18-21,46H2,1-3H3,(H,48,62)(H,49,64)(H,50,67)(H,51,65)(H,52,63)(H,53,61)(H,54,66)(H,59,60)(H,69,70)/p+1/t23-,27-,28-,29-,30-,31-,32-,33-,34-/m0/s1. The number of rotatable bonds is 10. The van der Waals surface area contributed by atoms with Gasteiger partial charge >= 0.3 is 11.9 Å². The van der Waals surface area contributed by atoms with Gasteiger partial charge in [0.25, 0.3) is 5.91 Å². The zero-order valence-corrected chi connectivity index (χ0v) is 41.7. The van der Waals surface area contributed by atoms with Crippen molar-refractivity contribution in [2.45, 2.75) is 120 Å². The van der Waals surface area contributed by atoms with Gasteiger partial charge in [0.05, 0.1) is 19.6 Å². The van der Waals surface area contributed by atoms with E-state index < -0.39 is 139 Å². The van der Waals surface area contributed by atoms with E-state index in [1.807, 2.05) is 13.8 Å². The molecule has 4 heterocycles. The van der Waals surface area contributed by atoms with E-state index >= 15 is 0 Å². The molecule has 27 heteroatoms. The molecule has 3 saturated heterocycles. The number of carbonyl (C=O) groups is 11. The Bertz CT molecular complexity index is 2370. The highest BCUT2D eigenvalue weighted by molar-refractivity contribution is 8.76. The van der Waals surface area contributed by atoms with E-state index in [2.05, 4.69) is 47.9 Å². The Morgan fingerprint density at radius 3 is 2.00 bits per heavy atom. The molecule has 25 nitrogen and oxygen atoms in total. The molecule has 1 aromatic heterocycles. The van der Waals surface area contributed by atoms with Crippen molar-refractivity contribution >= 4 is 97.6 Å². The predicted octanol–water partition coefficient (Wildman–Crippen LogP) is -3.66. The largest absolute Gasteiger partial charge is 0.481 e. The van der Waals surface area contributed by atoms with Gasteiger partial charge in [0, 0.05) is 48.1 Å². The third kappa shape index (κ3) is 15.3. The van der Waals surface area contributed by atoms with Gasteiger partial charge in [0.1, 0.15) is 48.3 Å². The highest BCUT2D eigenvalue weighted by atomic mass is 33.1. The summed E-state index contributed by atoms with van der Waals surface area (Å²) >= 11 is 0. The zero-order chi connectivity index (χ0) is 52.8. The van der Waals surface area contributed by atoms with E-state index in [4.69, 9.17) is 0 Å². The Morgan fingerprint density at radius 1 is 0.750 bits per heavy atom. The van der Waals surface area contributed by atoms with Crippen LogP contribution in [0.1, 0.15) is 64.9 Å². The van der Waals surface area contributed by atoms with Crippen LogP contribution in [0.4, 0.5) is 0 Å². The molecule has 9 amide bonds. The number of nitrogens with zero attached hydrogens (tertiary/aromatic N) is 2. The van der Waals surface area contributed by atoms with Crippen LogP contribution in [0.15, 0.2) is 30.5 Å². The van der Waals surface area contributed by atoms with Crippen LogP contribution < -0.4 is 43.0 Å². The fourth-order valence-electron chi connectivity index (χ4n) is 8.49. The highest BCUT2D eigenvalue weighted by Gasteiger charge is 2.41. The molecule has 9 atom stereocenters. The van der Waals surface area contributed by atoms with E-state index in [1.165, 1.54) is 11.8 Å². The monoisotopic (exact) mass is 1050 g/mol. The van der Waals surface area contributed by atoms with Crippen molar-refractivity contribution < 1.29 is 73.8 Å². The van der Waals surface area contributed by atoms with Crippen molar-refractivity contribution in [1.82, 2.24) is 52.0 Å². The summed E-state index contributed by atoms with van der Waals surface area (Å²) in [5, 5.41) is 48.1. The first-order valence-corrected chi connectivity index (χ1v) is 26.1. The fourth-order valence-corrected chi connectivity index (χ4v) is 10.8. The Balaban J connectivity index is 1.49. The Labute approximate surface area is 421 Å². The van der Waals surface area contributed by atoms with Gasteiger partial charge in [-0.25, -0.2) is 4.79 Å². The van der Waals surface area contributed by atoms with Crippen molar-refractivity contribution in [3.63, 3.8) is 0 Å². The van der Waals surface area contributed by atoms with E-state index in [0.717, 1.165) is 26.5 Å². The van der Waals surface area contributed by atoms with Crippen LogP contribution in [0.5, 0.6) is 0 Å². The number of aromatic amines is 1. The number of carboxylic acids is 2. The van der Waals surface area contributed by atoms with Crippen LogP contribution >= 0.6 is 21.6 Å². The Morgan fingerprint density at radius 2 is 1.35 bits per heavy atom. The first-order valence-electron chi connectivity index (χ1n) is 23.6. The number of carboxylic acid groups (broad SMARTS) is 2. The molecule has 0 radical (unpaired) electrons. The van der Waals surface area contributed by atoms with Gasteiger partial charge in [-0.05, 0) is 56.6 Å². The molecule has 1 aromatic carbocycles. The molecule has 394 valence electrons. The van der Waals surface area contributed by atoms with Crippen LogP contribution in [0.2, 0.25) is 0 Å². The second kappa shape index (κ2) is 26.3. The first kappa shape index (κ1) is 56.5. The number of carbonyl (C=O) groups excluding carboxylic acids is 9. The molecule has 72 heavy (non-hydrogen) atoms. The summed E-state index contributed by atoms with van der Waals surface area (Å²) in [4.78, 5) is 154. The highest BCUT2D eigenvalue weighted by Crippen LogP contribution is 2.26. The number of benzene rings is 1. The fraction of sp³-hybridized carbons (Fsp3) is 0.578. The van der Waals surface area contributed by atoms with E-state index in [9.17, 15) is 68.1 Å². The summed E-state index contributed by atoms with van der Waals surface area (Å²) < 4.78 is 0. The molecule has 14 N–H and O–H groups in total. The van der Waals surface area contributed by atoms with E-state index in [0.29, 0.717) is 29.3 Å². The predicted molar refractivity (Wildman–Crippen MR) is 260 cm³/mol. The molecule has 2 aromatic rings. The van der Waals surface area contributed by atoms with Crippen molar-refractivity contribution in [1.29, 1.82) is 0 Å². The molecule has 3 aliphatic rings. The quantitative estimate of drug-likeness (QED) is 0.102. The van der Waals surface area contributed by atoms with Gasteiger partial charge in [-0.15, -0.1) is 0 Å². The van der Waals surface area contributed by atoms with Crippen LogP contribution in [-0.4, -0.2) is 187 Å². The number of aliphatic hydroxyl groups excluding tert-OH is 1. The molecule has 0 aliphatic carbocycles. The maximum absolute atomic E-state index is 14.5. The van der Waals surface area contributed by atoms with Crippen LogP contribution in [0, 0.1) is 5.92 Å². The number of para-hydroxylation sites is 1. The van der Waals surface area contributed by atoms with Crippen molar-refractivity contribution in [2.24, 2.45) is 5.92 Å². The topological polar surface area (TPSA) is 383 Å². The summed E-state index contributed by atoms with van der Waals surface area (Å²) in [6.07, 6.45) is 1.56. The van der Waals surface area contributed by atoms with Crippen molar-refractivity contribution in [3.05, 3.63) is 36.0 Å². The number of quaternary nitrogens is 1. The lowest BCUT2D eigenvalue weighted by Crippen LogP contribution is -2.68. The minimum absolute atomic E-state index is 0.0490. The number of hydrogen-bond donors (Lipinski definition) is 12. The summed E-state index contributed by atoms with van der Waals surface area (Å²) in [6, 6.07) is -5.04. The lowest BCUT2D eigenvalue weighted by Gasteiger charge is -2.31. The number of aromatic nitrogens is 1. The molecule has 0 spiro atoms. The van der Waals surface area contributed by atoms with Gasteiger partial charge < -0.3 is 73.1 Å². The minimum Gasteiger partial charge on any atom is -0.481 e. The van der Waals surface area contributed by atoms with Crippen LogP contribution in [0.25, 0.3) is 10.9 Å². The van der Waals surface area contributed by atoms with Gasteiger partial charge in [0.15, 0.2) is 6.04 Å². The first-order chi connectivity index (χ1) is 34.2. The molecule has 0 bridgehead atoms. The van der Waals surface area contributed by atoms with E-state index in [1.54, 1.807) is 30.5 Å². The van der Waals surface area contributed by atoms with Gasteiger partial charge in [-0.3, -0.25) is 47.9 Å². The Kier molecular flexibility index (Phi) is 20.6. The van der Waals surface area contributed by atoms with Crippen molar-refractivity contribution in [2.75, 3.05) is 37.7 Å². The van der Waals surface area contributed by atoms with Crippen molar-refractivity contribution in [3.8, 4) is 0 Å². The summed E-state index contributed by atoms with van der Waals surface area (Å²) in [6.45, 7) is 3.47. The summed E-state index contributed by atoms with van der Waals surface area (Å²) in [5.41, 5.74) is 4.99. The summed E-state index contributed by atoms with van der Waals surface area (Å²) in [5.74, 6) is -11.1. The molecular weight excluding hydrogens is 983 g/mol. The second-order valence-corrected chi connectivity index (χ2v) is 20.9. The number of amides is 9. The average molecular weight is 1050 g/mol. The zero-order valence-electron chi connectivity index (χ0n) is 40.1. The normalized spacial score (nSPS) is 26.6. The maximum atomic E-state index is 14.5. The summed E-state index contributed by atoms with van der Waals surface area (Å²) in [7, 11) is 1.98. The average Bonchev–Trinajstić information content (AvgIpc) is 4.12. The molecule has 5 rings (SSSR count). The third-order valence-electron chi connectivity index (χ3n) is 12.3. The molecule has 0 unspecified atom stereocenters. The number of fused-ring (bicyclic) bond motifs is 3. The van der Waals surface area contributed by atoms with Crippen LogP contribution in [-0.2, 0) is 59.2 Å². The lowest BCUT2D eigenvalue weighted by atomic mass is 10.0. The molecule has 3 fully saturated rings. The third-order valence-corrected chi connectivity index (χ3v) is 14.7. The minimum atomic E-state index is -1.84. The number of hydrogen-bond acceptors (Lipinski definition) is 14. The molecular formula is C45H64N11O14S2+. The molecule has 0 saturated carbocycles. The second-order valence-electron chi connectivity index (χ2n) is 18.3. The van der Waals surface area contributed by atoms with Gasteiger partial charge in [-0.2, -0.15) is 0 Å². The van der Waals surface area contributed by atoms with E-state index in [-0.39, 0.29) is 56.2 Å². The lowest BCUT2D eigenvalue weighted by molar-refractivity contribution is -0.398. The SMILES string of the molecule is CC(C)C[C@@H]1NC(=O)[C@@H](NC(=O)[C@H](C)[NH3+])CSSC[C@@H](C(=O)O)NC(=O)[C@@H]2CCCN2C(=O)CNC(=O)[C@H](CC(=O)O)NC(=O)[C@H](CO)NC(=O)[C@H](Cc2c[nH]c3ccccc23)NC(=O)[C@@H]2CCCN2C1=O. The molecule has 3 aliphatic heterocycles. The van der Waals surface area contributed by atoms with Gasteiger partial charge in [-0.1, -0.05) is 53.6 Å². The number of nitrogens with one attached hydrogen (secondary N) is 8. The smallest absolute Gasteiger partial charge is 0.327 e. The number of aliphatic carboxylic acids is 2. The maximum Gasteiger partial charge on any atom is 0.327 e. The number of aliphatic hydroxyl groups is 1. The number of H-pyrrole nitrogens is 1. The van der Waals surface area contributed by atoms with Gasteiger partial charge in [0.2, 0.25) is 47.3 Å².